The molecule has 5 nitrogen and oxygen atoms in total. The van der Waals surface area contributed by atoms with Gasteiger partial charge in [-0.15, -0.1) is 0 Å². The fourth-order valence-corrected chi connectivity index (χ4v) is 2.75. The molecule has 118 valence electrons. The number of aryl methyl sites for hydroxylation is 2. The number of carboxylic acids is 1. The predicted octanol–water partition coefficient (Wildman–Crippen LogP) is 3.75. The molecule has 0 saturated heterocycles. The number of aromatic nitrogens is 3. The molecular weight excluding hydrogens is 290 g/mol. The van der Waals surface area contributed by atoms with Crippen molar-refractivity contribution in [2.75, 3.05) is 0 Å². The fraction of sp³-hybridized carbons (Fsp3) is 0.278. The van der Waals surface area contributed by atoms with E-state index in [9.17, 15) is 9.90 Å². The van der Waals surface area contributed by atoms with Crippen LogP contribution < -0.4 is 0 Å². The minimum Gasteiger partial charge on any atom is -0.480 e. The average Bonchev–Trinajstić information content (AvgIpc) is 2.87. The van der Waals surface area contributed by atoms with Crippen molar-refractivity contribution < 1.29 is 9.90 Å². The van der Waals surface area contributed by atoms with Crippen molar-refractivity contribution in [1.29, 1.82) is 0 Å². The molecule has 0 amide bonds. The van der Waals surface area contributed by atoms with Gasteiger partial charge in [-0.1, -0.05) is 36.8 Å². The van der Waals surface area contributed by atoms with Crippen molar-refractivity contribution in [2.45, 2.75) is 33.2 Å². The molecule has 2 aromatic heterocycles. The van der Waals surface area contributed by atoms with Crippen LogP contribution in [0.3, 0.4) is 0 Å². The van der Waals surface area contributed by atoms with Crippen molar-refractivity contribution in [2.24, 2.45) is 0 Å². The number of carbonyl (C=O) groups is 1. The molecule has 0 radical (unpaired) electrons. The largest absolute Gasteiger partial charge is 0.480 e. The maximum absolute atomic E-state index is 11.7. The van der Waals surface area contributed by atoms with Gasteiger partial charge in [0.25, 0.3) is 0 Å². The zero-order chi connectivity index (χ0) is 16.6. The lowest BCUT2D eigenvalue weighted by atomic mass is 10.1. The second kappa shape index (κ2) is 5.83. The molecule has 2 heterocycles. The minimum atomic E-state index is -0.873. The molecule has 0 bridgehead atoms. The zero-order valence-electron chi connectivity index (χ0n) is 13.4. The Labute approximate surface area is 134 Å². The second-order valence-corrected chi connectivity index (χ2v) is 5.79. The molecule has 3 rings (SSSR count). The van der Waals surface area contributed by atoms with E-state index < -0.39 is 12.0 Å². The molecule has 1 unspecified atom stereocenters. The summed E-state index contributed by atoms with van der Waals surface area (Å²) >= 11 is 0. The highest BCUT2D eigenvalue weighted by molar-refractivity contribution is 5.82. The Kier molecular flexibility index (Phi) is 3.86. The summed E-state index contributed by atoms with van der Waals surface area (Å²) < 4.78 is 1.74. The number of carboxylic acid groups (broad SMARTS) is 1. The minimum absolute atomic E-state index is 0.467. The van der Waals surface area contributed by atoms with Gasteiger partial charge < -0.3 is 5.11 Å². The number of hydrogen-bond acceptors (Lipinski definition) is 3. The van der Waals surface area contributed by atoms with Crippen LogP contribution in [0.2, 0.25) is 0 Å². The Balaban J connectivity index is 2.31. The maximum atomic E-state index is 11.7. The van der Waals surface area contributed by atoms with Gasteiger partial charge in [-0.25, -0.2) is 14.8 Å². The summed E-state index contributed by atoms with van der Waals surface area (Å²) in [5.41, 5.74) is 4.38. The molecule has 0 aliphatic rings. The van der Waals surface area contributed by atoms with Gasteiger partial charge in [-0.2, -0.15) is 0 Å². The highest BCUT2D eigenvalue weighted by Gasteiger charge is 2.25. The van der Waals surface area contributed by atoms with Crippen LogP contribution in [-0.4, -0.2) is 25.6 Å². The molecule has 0 spiro atoms. The second-order valence-electron chi connectivity index (χ2n) is 5.79. The standard InChI is InChI=1S/C18H19N3O2/c1-4-15(18(22)23)21-16(13-7-5-11(2)6-8-13)20-14-9-12(3)10-19-17(14)21/h5-10,15H,4H2,1-3H3,(H,22,23). The topological polar surface area (TPSA) is 68.0 Å². The third-order valence-corrected chi connectivity index (χ3v) is 3.96. The average molecular weight is 309 g/mol. The first-order chi connectivity index (χ1) is 11.0. The molecule has 23 heavy (non-hydrogen) atoms. The summed E-state index contributed by atoms with van der Waals surface area (Å²) in [4.78, 5) is 20.8. The lowest BCUT2D eigenvalue weighted by molar-refractivity contribution is -0.140. The van der Waals surface area contributed by atoms with Gasteiger partial charge >= 0.3 is 5.97 Å². The van der Waals surface area contributed by atoms with Crippen LogP contribution in [0, 0.1) is 13.8 Å². The van der Waals surface area contributed by atoms with E-state index in [4.69, 9.17) is 0 Å². The van der Waals surface area contributed by atoms with Crippen LogP contribution in [0.5, 0.6) is 0 Å². The fourth-order valence-electron chi connectivity index (χ4n) is 2.75. The number of fused-ring (bicyclic) bond motifs is 1. The highest BCUT2D eigenvalue weighted by atomic mass is 16.4. The predicted molar refractivity (Wildman–Crippen MR) is 89.4 cm³/mol. The number of aliphatic carboxylic acids is 1. The Hall–Kier alpha value is -2.69. The number of nitrogens with zero attached hydrogens (tertiary/aromatic N) is 3. The van der Waals surface area contributed by atoms with Gasteiger partial charge in [0.2, 0.25) is 0 Å². The Morgan fingerprint density at radius 3 is 2.52 bits per heavy atom. The first-order valence-corrected chi connectivity index (χ1v) is 7.65. The summed E-state index contributed by atoms with van der Waals surface area (Å²) in [6, 6.07) is 9.18. The zero-order valence-corrected chi connectivity index (χ0v) is 13.4. The number of benzene rings is 1. The quantitative estimate of drug-likeness (QED) is 0.797. The molecule has 1 atom stereocenters. The Morgan fingerprint density at radius 2 is 1.91 bits per heavy atom. The van der Waals surface area contributed by atoms with Crippen molar-refractivity contribution >= 4 is 17.1 Å². The van der Waals surface area contributed by atoms with Gasteiger partial charge in [0.1, 0.15) is 17.4 Å². The van der Waals surface area contributed by atoms with Crippen molar-refractivity contribution in [3.63, 3.8) is 0 Å². The monoisotopic (exact) mass is 309 g/mol. The Morgan fingerprint density at radius 1 is 1.22 bits per heavy atom. The first-order valence-electron chi connectivity index (χ1n) is 7.65. The van der Waals surface area contributed by atoms with Gasteiger partial charge in [0.05, 0.1) is 0 Å². The van der Waals surface area contributed by atoms with Crippen molar-refractivity contribution in [3.8, 4) is 11.4 Å². The first kappa shape index (κ1) is 15.2. The molecule has 0 fully saturated rings. The van der Waals surface area contributed by atoms with E-state index in [1.807, 2.05) is 51.1 Å². The summed E-state index contributed by atoms with van der Waals surface area (Å²) in [5.74, 6) is -0.227. The SMILES string of the molecule is CCC(C(=O)O)n1c(-c2ccc(C)cc2)nc2cc(C)cnc21. The lowest BCUT2D eigenvalue weighted by Gasteiger charge is -2.16. The summed E-state index contributed by atoms with van der Waals surface area (Å²) in [5, 5.41) is 9.60. The normalized spacial score (nSPS) is 12.5. The summed E-state index contributed by atoms with van der Waals surface area (Å²) in [6.45, 7) is 5.83. The third-order valence-electron chi connectivity index (χ3n) is 3.96. The molecule has 5 heteroatoms. The lowest BCUT2D eigenvalue weighted by Crippen LogP contribution is -2.19. The molecular formula is C18H19N3O2. The third kappa shape index (κ3) is 2.70. The van der Waals surface area contributed by atoms with Crippen LogP contribution in [0.15, 0.2) is 36.5 Å². The van der Waals surface area contributed by atoms with E-state index >= 15 is 0 Å². The smallest absolute Gasteiger partial charge is 0.326 e. The van der Waals surface area contributed by atoms with Crippen LogP contribution >= 0.6 is 0 Å². The van der Waals surface area contributed by atoms with E-state index in [-0.39, 0.29) is 0 Å². The van der Waals surface area contributed by atoms with Crippen LogP contribution in [0.4, 0.5) is 0 Å². The summed E-state index contributed by atoms with van der Waals surface area (Å²) in [7, 11) is 0. The maximum Gasteiger partial charge on any atom is 0.326 e. The van der Waals surface area contributed by atoms with Crippen molar-refractivity contribution in [3.05, 3.63) is 47.7 Å². The van der Waals surface area contributed by atoms with Gasteiger partial charge in [-0.3, -0.25) is 4.57 Å². The van der Waals surface area contributed by atoms with Gasteiger partial charge in [0.15, 0.2) is 5.65 Å². The van der Waals surface area contributed by atoms with E-state index in [2.05, 4.69) is 9.97 Å². The van der Waals surface area contributed by atoms with E-state index in [0.717, 1.165) is 22.2 Å². The molecule has 0 saturated carbocycles. The number of hydrogen-bond donors (Lipinski definition) is 1. The van der Waals surface area contributed by atoms with Gasteiger partial charge in [-0.05, 0) is 31.9 Å². The van der Waals surface area contributed by atoms with Crippen LogP contribution in [0.1, 0.15) is 30.5 Å². The van der Waals surface area contributed by atoms with E-state index in [1.54, 1.807) is 10.8 Å². The highest BCUT2D eigenvalue weighted by Crippen LogP contribution is 2.29. The molecule has 0 aliphatic carbocycles. The number of rotatable bonds is 4. The summed E-state index contributed by atoms with van der Waals surface area (Å²) in [6.07, 6.45) is 2.21. The number of pyridine rings is 1. The molecule has 1 aromatic carbocycles. The number of imidazole rings is 1. The van der Waals surface area contributed by atoms with Crippen molar-refractivity contribution in [1.82, 2.24) is 14.5 Å². The molecule has 0 aliphatic heterocycles. The van der Waals surface area contributed by atoms with Gasteiger partial charge in [0, 0.05) is 11.8 Å². The Bertz CT molecular complexity index is 866. The van der Waals surface area contributed by atoms with E-state index in [1.165, 1.54) is 0 Å². The molecule has 3 aromatic rings. The van der Waals surface area contributed by atoms with E-state index in [0.29, 0.717) is 17.9 Å². The van der Waals surface area contributed by atoms with Crippen LogP contribution in [-0.2, 0) is 4.79 Å². The van der Waals surface area contributed by atoms with Crippen LogP contribution in [0.25, 0.3) is 22.6 Å². The molecule has 1 N–H and O–H groups in total.